The van der Waals surface area contributed by atoms with Crippen molar-refractivity contribution in [3.05, 3.63) is 69.8 Å². The van der Waals surface area contributed by atoms with Gasteiger partial charge in [-0.3, -0.25) is 14.5 Å². The number of likely N-dealkylation sites (tertiary alicyclic amines) is 1. The number of imide groups is 1. The van der Waals surface area contributed by atoms with Crippen molar-refractivity contribution in [2.75, 3.05) is 6.61 Å². The van der Waals surface area contributed by atoms with E-state index in [0.717, 1.165) is 11.3 Å². The van der Waals surface area contributed by atoms with Gasteiger partial charge in [0.2, 0.25) is 11.8 Å². The normalized spacial score (nSPS) is 13.6. The van der Waals surface area contributed by atoms with Gasteiger partial charge >= 0.3 is 11.9 Å². The Hall–Kier alpha value is -3.59. The van der Waals surface area contributed by atoms with Gasteiger partial charge in [0.05, 0.1) is 18.7 Å². The molecule has 1 saturated heterocycles. The Morgan fingerprint density at radius 3 is 2.36 bits per heavy atom. The Bertz CT molecular complexity index is 1230. The molecule has 1 fully saturated rings. The fourth-order valence-electron chi connectivity index (χ4n) is 3.62. The molecule has 9 heteroatoms. The van der Waals surface area contributed by atoms with Crippen LogP contribution in [0.1, 0.15) is 50.9 Å². The summed E-state index contributed by atoms with van der Waals surface area (Å²) < 4.78 is 25.5. The maximum atomic E-state index is 14.5. The molecule has 0 unspecified atom stereocenters. The fraction of sp³-hybridized carbons (Fsp3) is 0.250. The number of rotatable bonds is 7. The molecule has 3 aromatic rings. The number of halogens is 1. The fourth-order valence-corrected chi connectivity index (χ4v) is 4.73. The summed E-state index contributed by atoms with van der Waals surface area (Å²) in [7, 11) is 0. The van der Waals surface area contributed by atoms with Crippen LogP contribution in [0.3, 0.4) is 0 Å². The smallest absolute Gasteiger partial charge is 0.348 e. The quantitative estimate of drug-likeness (QED) is 0.380. The van der Waals surface area contributed by atoms with E-state index in [0.29, 0.717) is 10.3 Å². The van der Waals surface area contributed by atoms with E-state index >= 15 is 0 Å². The standard InChI is InChI=1S/C24H20FNO6S/c1-2-31-24(30)22-16(21-17(25)4-3-5-18(21)33-22)13-32-23(29)15-8-6-14(7-9-15)12-26-19(27)10-11-20(26)28/h3-9H,2,10-13H2,1H3. The summed E-state index contributed by atoms with van der Waals surface area (Å²) in [6, 6.07) is 10.8. The number of ether oxygens (including phenoxy) is 2. The van der Waals surface area contributed by atoms with Gasteiger partial charge in [-0.2, -0.15) is 0 Å². The second-order valence-corrected chi connectivity index (χ2v) is 8.44. The zero-order chi connectivity index (χ0) is 23.5. The molecule has 0 atom stereocenters. The van der Waals surface area contributed by atoms with Crippen LogP contribution in [0, 0.1) is 5.82 Å². The van der Waals surface area contributed by atoms with Gasteiger partial charge in [0.25, 0.3) is 0 Å². The number of nitrogens with zero attached hydrogens (tertiary/aromatic N) is 1. The molecule has 4 rings (SSSR count). The number of hydrogen-bond acceptors (Lipinski definition) is 7. The third-order valence-corrected chi connectivity index (χ3v) is 6.43. The van der Waals surface area contributed by atoms with Gasteiger partial charge in [0.1, 0.15) is 17.3 Å². The van der Waals surface area contributed by atoms with Gasteiger partial charge in [-0.15, -0.1) is 11.3 Å². The number of hydrogen-bond donors (Lipinski definition) is 0. The first-order valence-electron chi connectivity index (χ1n) is 10.3. The van der Waals surface area contributed by atoms with Crippen molar-refractivity contribution in [2.45, 2.75) is 32.9 Å². The Labute approximate surface area is 192 Å². The van der Waals surface area contributed by atoms with Crippen LogP contribution in [0.15, 0.2) is 42.5 Å². The molecule has 170 valence electrons. The van der Waals surface area contributed by atoms with Crippen molar-refractivity contribution in [3.63, 3.8) is 0 Å². The van der Waals surface area contributed by atoms with Gasteiger partial charge in [-0.25, -0.2) is 14.0 Å². The highest BCUT2D eigenvalue weighted by Crippen LogP contribution is 2.34. The summed E-state index contributed by atoms with van der Waals surface area (Å²) in [5.41, 5.74) is 1.21. The number of benzene rings is 2. The summed E-state index contributed by atoms with van der Waals surface area (Å²) in [4.78, 5) is 49.9. The van der Waals surface area contributed by atoms with E-state index in [1.165, 1.54) is 23.1 Å². The highest BCUT2D eigenvalue weighted by Gasteiger charge is 2.28. The molecular weight excluding hydrogens is 449 g/mol. The number of fused-ring (bicyclic) bond motifs is 1. The average Bonchev–Trinajstić information content (AvgIpc) is 3.34. The highest BCUT2D eigenvalue weighted by molar-refractivity contribution is 7.21. The molecule has 0 spiro atoms. The summed E-state index contributed by atoms with van der Waals surface area (Å²) in [5.74, 6) is -2.19. The third-order valence-electron chi connectivity index (χ3n) is 5.26. The van der Waals surface area contributed by atoms with Crippen LogP contribution in [0.2, 0.25) is 0 Å². The van der Waals surface area contributed by atoms with E-state index in [1.807, 2.05) is 0 Å². The van der Waals surface area contributed by atoms with Crippen LogP contribution in [0.5, 0.6) is 0 Å². The molecule has 2 aromatic carbocycles. The van der Waals surface area contributed by atoms with Crippen molar-refractivity contribution in [1.82, 2.24) is 4.90 Å². The lowest BCUT2D eigenvalue weighted by Gasteiger charge is -2.14. The monoisotopic (exact) mass is 469 g/mol. The lowest BCUT2D eigenvalue weighted by molar-refractivity contribution is -0.139. The first-order valence-corrected chi connectivity index (χ1v) is 11.2. The molecule has 0 saturated carbocycles. The van der Waals surface area contributed by atoms with E-state index in [-0.39, 0.29) is 65.8 Å². The SMILES string of the molecule is CCOC(=O)c1sc2cccc(F)c2c1COC(=O)c1ccc(CN2C(=O)CCC2=O)cc1. The van der Waals surface area contributed by atoms with Crippen LogP contribution >= 0.6 is 11.3 Å². The van der Waals surface area contributed by atoms with E-state index in [4.69, 9.17) is 9.47 Å². The van der Waals surface area contributed by atoms with Crippen molar-refractivity contribution < 1.29 is 33.0 Å². The van der Waals surface area contributed by atoms with Crippen molar-refractivity contribution in [3.8, 4) is 0 Å². The number of esters is 2. The molecule has 0 bridgehead atoms. The molecule has 0 aliphatic carbocycles. The third kappa shape index (κ3) is 4.63. The largest absolute Gasteiger partial charge is 0.462 e. The van der Waals surface area contributed by atoms with Gasteiger partial charge in [0, 0.05) is 28.5 Å². The van der Waals surface area contributed by atoms with Crippen molar-refractivity contribution in [1.29, 1.82) is 0 Å². The second kappa shape index (κ2) is 9.50. The summed E-state index contributed by atoms with van der Waals surface area (Å²) in [6.45, 7) is 1.68. The number of amides is 2. The molecule has 1 aliphatic heterocycles. The Morgan fingerprint density at radius 2 is 1.70 bits per heavy atom. The maximum Gasteiger partial charge on any atom is 0.348 e. The Kier molecular flexibility index (Phi) is 6.50. The van der Waals surface area contributed by atoms with Gasteiger partial charge in [-0.05, 0) is 36.8 Å². The highest BCUT2D eigenvalue weighted by atomic mass is 32.1. The maximum absolute atomic E-state index is 14.5. The van der Waals surface area contributed by atoms with Gasteiger partial charge < -0.3 is 9.47 Å². The minimum absolute atomic E-state index is 0.149. The van der Waals surface area contributed by atoms with E-state index in [9.17, 15) is 23.6 Å². The summed E-state index contributed by atoms with van der Waals surface area (Å²) in [6.07, 6.45) is 0.434. The molecule has 33 heavy (non-hydrogen) atoms. The number of thiophene rings is 1. The van der Waals surface area contributed by atoms with Crippen LogP contribution in [0.4, 0.5) is 4.39 Å². The first-order chi connectivity index (χ1) is 15.9. The molecule has 2 heterocycles. The van der Waals surface area contributed by atoms with Crippen molar-refractivity contribution in [2.24, 2.45) is 0 Å². The average molecular weight is 469 g/mol. The van der Waals surface area contributed by atoms with E-state index in [2.05, 4.69) is 0 Å². The number of carbonyl (C=O) groups is 4. The molecule has 0 N–H and O–H groups in total. The minimum Gasteiger partial charge on any atom is -0.462 e. The molecule has 1 aliphatic rings. The second-order valence-electron chi connectivity index (χ2n) is 7.39. The van der Waals surface area contributed by atoms with Crippen LogP contribution < -0.4 is 0 Å². The summed E-state index contributed by atoms with van der Waals surface area (Å²) in [5, 5.41) is 0.230. The van der Waals surface area contributed by atoms with E-state index < -0.39 is 17.8 Å². The first kappa shape index (κ1) is 22.6. The van der Waals surface area contributed by atoms with Crippen molar-refractivity contribution >= 4 is 45.2 Å². The lowest BCUT2D eigenvalue weighted by atomic mass is 10.1. The number of carbonyl (C=O) groups excluding carboxylic acids is 4. The van der Waals surface area contributed by atoms with E-state index in [1.54, 1.807) is 31.2 Å². The molecular formula is C24H20FNO6S. The zero-order valence-corrected chi connectivity index (χ0v) is 18.6. The lowest BCUT2D eigenvalue weighted by Crippen LogP contribution is -2.28. The predicted octanol–water partition coefficient (Wildman–Crippen LogP) is 4.22. The van der Waals surface area contributed by atoms with Gasteiger partial charge in [-0.1, -0.05) is 18.2 Å². The molecule has 0 radical (unpaired) electrons. The Morgan fingerprint density at radius 1 is 1.00 bits per heavy atom. The minimum atomic E-state index is -0.652. The Balaban J connectivity index is 1.49. The van der Waals surface area contributed by atoms with Gasteiger partial charge in [0.15, 0.2) is 0 Å². The topological polar surface area (TPSA) is 90.0 Å². The summed E-state index contributed by atoms with van der Waals surface area (Å²) >= 11 is 1.09. The van der Waals surface area contributed by atoms with Crippen LogP contribution in [-0.4, -0.2) is 35.3 Å². The van der Waals surface area contributed by atoms with Crippen LogP contribution in [-0.2, 0) is 32.2 Å². The van der Waals surface area contributed by atoms with Crippen LogP contribution in [0.25, 0.3) is 10.1 Å². The molecule has 1 aromatic heterocycles. The zero-order valence-electron chi connectivity index (χ0n) is 17.8. The predicted molar refractivity (Wildman–Crippen MR) is 118 cm³/mol. The molecule has 2 amide bonds. The molecule has 7 nitrogen and oxygen atoms in total.